The van der Waals surface area contributed by atoms with Gasteiger partial charge in [-0.05, 0) is 34.8 Å². The predicted molar refractivity (Wildman–Crippen MR) is 76.1 cm³/mol. The second kappa shape index (κ2) is 5.69. The Morgan fingerprint density at radius 3 is 2.79 bits per heavy atom. The quantitative estimate of drug-likeness (QED) is 0.864. The van der Waals surface area contributed by atoms with Crippen molar-refractivity contribution in [3.8, 4) is 0 Å². The van der Waals surface area contributed by atoms with Crippen molar-refractivity contribution in [3.05, 3.63) is 14.2 Å². The molecule has 1 N–H and O–H groups in total. The van der Waals surface area contributed by atoms with E-state index < -0.39 is 21.9 Å². The molecule has 0 radical (unpaired) electrons. The normalized spacial score (nSPS) is 21.5. The van der Waals surface area contributed by atoms with Crippen LogP contribution in [0.15, 0.2) is 14.7 Å². The van der Waals surface area contributed by atoms with Crippen molar-refractivity contribution in [2.45, 2.75) is 17.7 Å². The monoisotopic (exact) mass is 387 g/mol. The number of rotatable bonds is 3. The summed E-state index contributed by atoms with van der Waals surface area (Å²) in [6, 6.07) is 1.45. The lowest BCUT2D eigenvalue weighted by molar-refractivity contribution is -0.142. The third kappa shape index (κ3) is 3.13. The molecule has 1 atom stereocenters. The number of sulfonamides is 1. The minimum atomic E-state index is -3.72. The lowest BCUT2D eigenvalue weighted by Crippen LogP contribution is -2.42. The molecule has 1 saturated heterocycles. The Morgan fingerprint density at radius 1 is 1.58 bits per heavy atom. The minimum absolute atomic E-state index is 0.00145. The number of hydrogen-bond donors (Lipinski definition) is 1. The molecular formula is C10H11BrClNO4S2. The van der Waals surface area contributed by atoms with Gasteiger partial charge in [0.25, 0.3) is 0 Å². The van der Waals surface area contributed by atoms with Crippen LogP contribution in [0.25, 0.3) is 0 Å². The smallest absolute Gasteiger partial charge is 0.307 e. The number of hydrogen-bond acceptors (Lipinski definition) is 4. The molecule has 1 unspecified atom stereocenters. The zero-order chi connectivity index (χ0) is 14.2. The Bertz CT molecular complexity index is 601. The van der Waals surface area contributed by atoms with Crippen LogP contribution in [0.1, 0.15) is 12.8 Å². The molecule has 19 heavy (non-hydrogen) atoms. The van der Waals surface area contributed by atoms with E-state index in [4.69, 9.17) is 16.7 Å². The Morgan fingerprint density at radius 2 is 2.26 bits per heavy atom. The van der Waals surface area contributed by atoms with Crippen LogP contribution in [-0.2, 0) is 14.8 Å². The van der Waals surface area contributed by atoms with Crippen LogP contribution in [0.2, 0.25) is 4.34 Å². The summed E-state index contributed by atoms with van der Waals surface area (Å²) >= 11 is 10.2. The van der Waals surface area contributed by atoms with Crippen molar-refractivity contribution >= 4 is 54.9 Å². The van der Waals surface area contributed by atoms with Gasteiger partial charge in [0, 0.05) is 13.1 Å². The SMILES string of the molecule is O=C(O)C1CCCN(S(=O)(=O)c2cc(Br)sc2Cl)C1. The molecule has 5 nitrogen and oxygen atoms in total. The Hall–Kier alpha value is -0.150. The summed E-state index contributed by atoms with van der Waals surface area (Å²) in [5.74, 6) is -1.61. The van der Waals surface area contributed by atoms with E-state index >= 15 is 0 Å². The fourth-order valence-electron chi connectivity index (χ4n) is 2.00. The van der Waals surface area contributed by atoms with E-state index in [0.717, 1.165) is 11.3 Å². The Kier molecular flexibility index (Phi) is 4.56. The molecule has 2 heterocycles. The van der Waals surface area contributed by atoms with E-state index in [1.807, 2.05) is 0 Å². The van der Waals surface area contributed by atoms with Crippen LogP contribution >= 0.6 is 38.9 Å². The molecule has 0 amide bonds. The fourth-order valence-corrected chi connectivity index (χ4v) is 6.26. The number of halogens is 2. The number of nitrogens with zero attached hydrogens (tertiary/aromatic N) is 1. The second-order valence-electron chi connectivity index (χ2n) is 4.23. The zero-order valence-corrected chi connectivity index (χ0v) is 13.6. The summed E-state index contributed by atoms with van der Waals surface area (Å²) in [6.07, 6.45) is 1.04. The van der Waals surface area contributed by atoms with Crippen molar-refractivity contribution in [3.63, 3.8) is 0 Å². The first-order valence-electron chi connectivity index (χ1n) is 5.50. The van der Waals surface area contributed by atoms with Crippen molar-refractivity contribution in [2.75, 3.05) is 13.1 Å². The van der Waals surface area contributed by atoms with Gasteiger partial charge >= 0.3 is 5.97 Å². The zero-order valence-electron chi connectivity index (χ0n) is 9.67. The standard InChI is InChI=1S/C10H11BrClNO4S2/c11-8-4-7(9(12)18-8)19(16,17)13-3-1-2-6(5-13)10(14)15/h4,6H,1-3,5H2,(H,14,15). The molecule has 0 spiro atoms. The number of aliphatic carboxylic acids is 1. The van der Waals surface area contributed by atoms with Crippen LogP contribution in [0.5, 0.6) is 0 Å². The lowest BCUT2D eigenvalue weighted by Gasteiger charge is -2.29. The molecule has 1 aromatic heterocycles. The first-order valence-corrected chi connectivity index (χ1v) is 8.93. The van der Waals surface area contributed by atoms with Crippen molar-refractivity contribution in [2.24, 2.45) is 5.92 Å². The maximum absolute atomic E-state index is 12.4. The Labute approximate surface area is 128 Å². The highest BCUT2D eigenvalue weighted by molar-refractivity contribution is 9.11. The van der Waals surface area contributed by atoms with Crippen LogP contribution in [0, 0.1) is 5.92 Å². The molecule has 0 bridgehead atoms. The van der Waals surface area contributed by atoms with E-state index in [0.29, 0.717) is 23.2 Å². The van der Waals surface area contributed by atoms with E-state index in [1.54, 1.807) is 0 Å². The van der Waals surface area contributed by atoms with Gasteiger partial charge in [-0.25, -0.2) is 8.42 Å². The summed E-state index contributed by atoms with van der Waals surface area (Å²) in [5.41, 5.74) is 0. The number of carboxylic acid groups (broad SMARTS) is 1. The van der Waals surface area contributed by atoms with Gasteiger partial charge in [0.05, 0.1) is 9.70 Å². The first kappa shape index (κ1) is 15.2. The van der Waals surface area contributed by atoms with E-state index in [1.165, 1.54) is 10.4 Å². The fraction of sp³-hybridized carbons (Fsp3) is 0.500. The van der Waals surface area contributed by atoms with Crippen LogP contribution in [-0.4, -0.2) is 36.9 Å². The number of thiophene rings is 1. The molecule has 0 aromatic carbocycles. The van der Waals surface area contributed by atoms with E-state index in [2.05, 4.69) is 15.9 Å². The average molecular weight is 389 g/mol. The summed E-state index contributed by atoms with van der Waals surface area (Å²) in [7, 11) is -3.72. The summed E-state index contributed by atoms with van der Waals surface area (Å²) in [5, 5.41) is 9.00. The van der Waals surface area contributed by atoms with Crippen LogP contribution in [0.3, 0.4) is 0 Å². The van der Waals surface area contributed by atoms with Gasteiger partial charge in [0.15, 0.2) is 0 Å². The molecule has 1 fully saturated rings. The van der Waals surface area contributed by atoms with Crippen LogP contribution < -0.4 is 0 Å². The highest BCUT2D eigenvalue weighted by atomic mass is 79.9. The van der Waals surface area contributed by atoms with Crippen molar-refractivity contribution in [1.29, 1.82) is 0 Å². The van der Waals surface area contributed by atoms with Gasteiger partial charge in [-0.2, -0.15) is 4.31 Å². The predicted octanol–water partition coefficient (Wildman–Crippen LogP) is 2.65. The lowest BCUT2D eigenvalue weighted by atomic mass is 10.0. The van der Waals surface area contributed by atoms with Gasteiger partial charge in [-0.3, -0.25) is 4.79 Å². The number of carbonyl (C=O) groups is 1. The van der Waals surface area contributed by atoms with Gasteiger partial charge < -0.3 is 5.11 Å². The van der Waals surface area contributed by atoms with Gasteiger partial charge in [0.2, 0.25) is 10.0 Å². The van der Waals surface area contributed by atoms with Gasteiger partial charge in [0.1, 0.15) is 9.23 Å². The third-order valence-electron chi connectivity index (χ3n) is 2.98. The van der Waals surface area contributed by atoms with Crippen molar-refractivity contribution < 1.29 is 18.3 Å². The largest absolute Gasteiger partial charge is 0.481 e. The summed E-state index contributed by atoms with van der Waals surface area (Å²) < 4.78 is 26.9. The third-order valence-corrected chi connectivity index (χ3v) is 6.97. The molecule has 0 saturated carbocycles. The Balaban J connectivity index is 2.29. The highest BCUT2D eigenvalue weighted by Crippen LogP contribution is 2.37. The topological polar surface area (TPSA) is 74.7 Å². The number of carboxylic acids is 1. The van der Waals surface area contributed by atoms with Crippen molar-refractivity contribution in [1.82, 2.24) is 4.31 Å². The summed E-state index contributed by atoms with van der Waals surface area (Å²) in [4.78, 5) is 11.0. The molecule has 0 aliphatic carbocycles. The average Bonchev–Trinajstić information content (AvgIpc) is 2.69. The molecule has 106 valence electrons. The number of piperidine rings is 1. The maximum Gasteiger partial charge on any atom is 0.307 e. The van der Waals surface area contributed by atoms with E-state index in [-0.39, 0.29) is 15.8 Å². The molecule has 9 heteroatoms. The second-order valence-corrected chi connectivity index (χ2v) is 9.17. The van der Waals surface area contributed by atoms with Gasteiger partial charge in [-0.1, -0.05) is 11.6 Å². The van der Waals surface area contributed by atoms with Crippen LogP contribution in [0.4, 0.5) is 0 Å². The molecule has 1 aliphatic heterocycles. The minimum Gasteiger partial charge on any atom is -0.481 e. The molecular weight excluding hydrogens is 378 g/mol. The molecule has 2 rings (SSSR count). The highest BCUT2D eigenvalue weighted by Gasteiger charge is 2.34. The molecule has 1 aromatic rings. The summed E-state index contributed by atoms with van der Waals surface area (Å²) in [6.45, 7) is 0.331. The van der Waals surface area contributed by atoms with E-state index in [9.17, 15) is 13.2 Å². The first-order chi connectivity index (χ1) is 8.82. The van der Waals surface area contributed by atoms with Gasteiger partial charge in [-0.15, -0.1) is 11.3 Å². The molecule has 1 aliphatic rings. The maximum atomic E-state index is 12.4.